The molecule has 0 bridgehead atoms. The van der Waals surface area contributed by atoms with Crippen molar-refractivity contribution < 1.29 is 4.39 Å². The van der Waals surface area contributed by atoms with Crippen molar-refractivity contribution in [1.29, 1.82) is 0 Å². The lowest BCUT2D eigenvalue weighted by Gasteiger charge is -2.13. The number of hydrogen-bond donors (Lipinski definition) is 1. The average molecular weight is 307 g/mol. The normalized spacial score (nSPS) is 12.6. The Morgan fingerprint density at radius 3 is 2.87 bits per heavy atom. The number of rotatable bonds is 3. The Labute approximate surface area is 131 Å². The molecule has 3 heterocycles. The summed E-state index contributed by atoms with van der Waals surface area (Å²) in [5.41, 5.74) is 1.41. The van der Waals surface area contributed by atoms with Gasteiger partial charge in [-0.25, -0.2) is 9.37 Å². The Balaban J connectivity index is 1.67. The summed E-state index contributed by atoms with van der Waals surface area (Å²) in [5.74, 6) is 1.17. The average Bonchev–Trinajstić information content (AvgIpc) is 2.98. The second kappa shape index (κ2) is 5.31. The number of halogens is 1. The molecule has 0 radical (unpaired) electrons. The van der Waals surface area contributed by atoms with Gasteiger partial charge in [0.2, 0.25) is 0 Å². The first-order chi connectivity index (χ1) is 11.2. The maximum Gasteiger partial charge on any atom is 0.160 e. The molecule has 1 N–H and O–H groups in total. The molecule has 1 aromatic carbocycles. The molecular formula is C17H14FN5. The van der Waals surface area contributed by atoms with E-state index in [1.54, 1.807) is 6.07 Å². The molecule has 114 valence electrons. The molecule has 0 aliphatic carbocycles. The van der Waals surface area contributed by atoms with E-state index >= 15 is 0 Å². The van der Waals surface area contributed by atoms with Crippen molar-refractivity contribution in [3.63, 3.8) is 0 Å². The van der Waals surface area contributed by atoms with Crippen molar-refractivity contribution in [2.45, 2.75) is 13.0 Å². The molecule has 0 aliphatic heterocycles. The van der Waals surface area contributed by atoms with Gasteiger partial charge >= 0.3 is 0 Å². The summed E-state index contributed by atoms with van der Waals surface area (Å²) in [4.78, 5) is 4.46. The van der Waals surface area contributed by atoms with Gasteiger partial charge in [-0.1, -0.05) is 6.07 Å². The minimum Gasteiger partial charge on any atom is -0.360 e. The summed E-state index contributed by atoms with van der Waals surface area (Å²) in [6, 6.07) is 14.0. The Kier molecular flexibility index (Phi) is 3.15. The van der Waals surface area contributed by atoms with E-state index in [-0.39, 0.29) is 11.9 Å². The first-order valence-corrected chi connectivity index (χ1v) is 7.33. The van der Waals surface area contributed by atoms with Crippen LogP contribution in [-0.2, 0) is 0 Å². The summed E-state index contributed by atoms with van der Waals surface area (Å²) >= 11 is 0. The molecule has 3 aromatic heterocycles. The SMILES string of the molecule is CC(Nc1ccc2ccc(F)cc2n1)c1nnc2ccccn12. The highest BCUT2D eigenvalue weighted by Gasteiger charge is 2.13. The fourth-order valence-electron chi connectivity index (χ4n) is 2.61. The van der Waals surface area contributed by atoms with E-state index in [0.717, 1.165) is 16.9 Å². The van der Waals surface area contributed by atoms with Crippen molar-refractivity contribution in [1.82, 2.24) is 19.6 Å². The summed E-state index contributed by atoms with van der Waals surface area (Å²) in [6.07, 6.45) is 1.92. The fourth-order valence-corrected chi connectivity index (χ4v) is 2.61. The van der Waals surface area contributed by atoms with Gasteiger partial charge in [-0.15, -0.1) is 10.2 Å². The van der Waals surface area contributed by atoms with E-state index in [0.29, 0.717) is 11.3 Å². The Morgan fingerprint density at radius 2 is 1.96 bits per heavy atom. The minimum absolute atomic E-state index is 0.0918. The lowest BCUT2D eigenvalue weighted by Crippen LogP contribution is -2.11. The van der Waals surface area contributed by atoms with Crippen LogP contribution < -0.4 is 5.32 Å². The van der Waals surface area contributed by atoms with E-state index in [9.17, 15) is 4.39 Å². The number of benzene rings is 1. The lowest BCUT2D eigenvalue weighted by molar-refractivity contribution is 0.629. The van der Waals surface area contributed by atoms with Gasteiger partial charge in [0.05, 0.1) is 11.6 Å². The van der Waals surface area contributed by atoms with Gasteiger partial charge in [-0.05, 0) is 43.3 Å². The van der Waals surface area contributed by atoms with Crippen LogP contribution in [0.4, 0.5) is 10.2 Å². The van der Waals surface area contributed by atoms with E-state index in [1.165, 1.54) is 12.1 Å². The van der Waals surface area contributed by atoms with Crippen LogP contribution in [0.3, 0.4) is 0 Å². The Morgan fingerprint density at radius 1 is 1.09 bits per heavy atom. The number of nitrogens with zero attached hydrogens (tertiary/aromatic N) is 4. The van der Waals surface area contributed by atoms with E-state index in [1.807, 2.05) is 47.9 Å². The molecule has 0 aliphatic rings. The molecule has 1 atom stereocenters. The first-order valence-electron chi connectivity index (χ1n) is 7.33. The summed E-state index contributed by atoms with van der Waals surface area (Å²) in [7, 11) is 0. The maximum absolute atomic E-state index is 13.3. The molecule has 1 unspecified atom stereocenters. The predicted molar refractivity (Wildman–Crippen MR) is 86.7 cm³/mol. The van der Waals surface area contributed by atoms with Gasteiger partial charge in [0, 0.05) is 17.6 Å². The number of fused-ring (bicyclic) bond motifs is 2. The van der Waals surface area contributed by atoms with Crippen molar-refractivity contribution in [3.8, 4) is 0 Å². The first kappa shape index (κ1) is 13.6. The minimum atomic E-state index is -0.293. The lowest BCUT2D eigenvalue weighted by atomic mass is 10.2. The van der Waals surface area contributed by atoms with Crippen LogP contribution in [-0.4, -0.2) is 19.6 Å². The molecule has 4 rings (SSSR count). The summed E-state index contributed by atoms with van der Waals surface area (Å²) < 4.78 is 15.3. The summed E-state index contributed by atoms with van der Waals surface area (Å²) in [5, 5.41) is 12.6. The third-order valence-electron chi connectivity index (χ3n) is 3.75. The van der Waals surface area contributed by atoms with Gasteiger partial charge < -0.3 is 5.32 Å². The highest BCUT2D eigenvalue weighted by molar-refractivity contribution is 5.80. The zero-order valence-corrected chi connectivity index (χ0v) is 12.4. The molecule has 0 amide bonds. The third kappa shape index (κ3) is 2.48. The predicted octanol–water partition coefficient (Wildman–Crippen LogP) is 3.59. The largest absolute Gasteiger partial charge is 0.360 e. The van der Waals surface area contributed by atoms with Crippen LogP contribution in [0.15, 0.2) is 54.7 Å². The zero-order chi connectivity index (χ0) is 15.8. The molecular weight excluding hydrogens is 293 g/mol. The smallest absolute Gasteiger partial charge is 0.160 e. The van der Waals surface area contributed by atoms with E-state index in [2.05, 4.69) is 20.5 Å². The van der Waals surface area contributed by atoms with E-state index < -0.39 is 0 Å². The summed E-state index contributed by atoms with van der Waals surface area (Å²) in [6.45, 7) is 1.99. The number of nitrogens with one attached hydrogen (secondary N) is 1. The second-order valence-electron chi connectivity index (χ2n) is 5.39. The molecule has 5 nitrogen and oxygen atoms in total. The van der Waals surface area contributed by atoms with Gasteiger partial charge in [0.25, 0.3) is 0 Å². The van der Waals surface area contributed by atoms with Crippen LogP contribution >= 0.6 is 0 Å². The highest BCUT2D eigenvalue weighted by Crippen LogP contribution is 2.20. The van der Waals surface area contributed by atoms with Crippen molar-refractivity contribution in [2.75, 3.05) is 5.32 Å². The quantitative estimate of drug-likeness (QED) is 0.628. The number of hydrogen-bond acceptors (Lipinski definition) is 4. The molecule has 23 heavy (non-hydrogen) atoms. The molecule has 0 saturated carbocycles. The van der Waals surface area contributed by atoms with Crippen LogP contribution in [0.5, 0.6) is 0 Å². The van der Waals surface area contributed by atoms with Crippen LogP contribution in [0.25, 0.3) is 16.6 Å². The van der Waals surface area contributed by atoms with Crippen molar-refractivity contribution >= 4 is 22.4 Å². The van der Waals surface area contributed by atoms with Gasteiger partial charge in [-0.2, -0.15) is 0 Å². The Bertz CT molecular complexity index is 995. The number of pyridine rings is 2. The molecule has 0 spiro atoms. The van der Waals surface area contributed by atoms with Gasteiger partial charge in [0.1, 0.15) is 11.6 Å². The highest BCUT2D eigenvalue weighted by atomic mass is 19.1. The van der Waals surface area contributed by atoms with Crippen LogP contribution in [0.1, 0.15) is 18.8 Å². The standard InChI is InChI=1S/C17H14FN5/c1-11(17-22-21-16-4-2-3-9-23(16)17)19-15-8-6-12-5-7-13(18)10-14(12)20-15/h2-11H,1H3,(H,19,20). The molecule has 4 aromatic rings. The molecule has 0 saturated heterocycles. The number of aromatic nitrogens is 4. The fraction of sp³-hybridized carbons (Fsp3) is 0.118. The molecule has 6 heteroatoms. The zero-order valence-electron chi connectivity index (χ0n) is 12.4. The Hall–Kier alpha value is -3.02. The van der Waals surface area contributed by atoms with Gasteiger partial charge in [0.15, 0.2) is 11.5 Å². The monoisotopic (exact) mass is 307 g/mol. The number of anilines is 1. The van der Waals surface area contributed by atoms with Gasteiger partial charge in [-0.3, -0.25) is 4.40 Å². The van der Waals surface area contributed by atoms with Crippen LogP contribution in [0.2, 0.25) is 0 Å². The third-order valence-corrected chi connectivity index (χ3v) is 3.75. The molecule has 0 fully saturated rings. The topological polar surface area (TPSA) is 55.1 Å². The van der Waals surface area contributed by atoms with E-state index in [4.69, 9.17) is 0 Å². The van der Waals surface area contributed by atoms with Crippen molar-refractivity contribution in [3.05, 3.63) is 66.4 Å². The van der Waals surface area contributed by atoms with Crippen LogP contribution in [0, 0.1) is 5.82 Å². The van der Waals surface area contributed by atoms with Crippen molar-refractivity contribution in [2.24, 2.45) is 0 Å². The second-order valence-corrected chi connectivity index (χ2v) is 5.39. The maximum atomic E-state index is 13.3.